The molecule has 5 heteroatoms. The number of benzene rings is 1. The lowest BCUT2D eigenvalue weighted by Crippen LogP contribution is -2.35. The molecule has 2 N–H and O–H groups in total. The van der Waals surface area contributed by atoms with Gasteiger partial charge in [-0.3, -0.25) is 4.57 Å². The molecule has 2 unspecified atom stereocenters. The van der Waals surface area contributed by atoms with Crippen molar-refractivity contribution in [3.63, 3.8) is 0 Å². The zero-order valence-electron chi connectivity index (χ0n) is 17.8. The third kappa shape index (κ3) is 5.08. The zero-order chi connectivity index (χ0) is 20.9. The van der Waals surface area contributed by atoms with Crippen LogP contribution >= 0.6 is 0 Å². The summed E-state index contributed by atoms with van der Waals surface area (Å²) < 4.78 is 2.45. The van der Waals surface area contributed by atoms with Gasteiger partial charge in [-0.05, 0) is 25.3 Å². The lowest BCUT2D eigenvalue weighted by molar-refractivity contribution is -0.870. The van der Waals surface area contributed by atoms with E-state index in [9.17, 15) is 15.5 Å². The largest absolute Gasteiger partial charge is 0.494 e. The Morgan fingerprint density at radius 1 is 1.11 bits per heavy atom. The second kappa shape index (κ2) is 9.16. The fraction of sp³-hybridized carbons (Fsp3) is 0.522. The molecule has 0 amide bonds. The lowest BCUT2D eigenvalue weighted by atomic mass is 9.86. The average Bonchev–Trinajstić information content (AvgIpc) is 2.87. The number of aromatic nitrogens is 1. The molecule has 1 aromatic heterocycles. The Kier molecular flexibility index (Phi) is 7.15. The van der Waals surface area contributed by atoms with Crippen molar-refractivity contribution < 1.29 is 14.7 Å². The fourth-order valence-corrected chi connectivity index (χ4v) is 3.79. The highest BCUT2D eigenvalue weighted by atomic mass is 16.3. The number of nitriles is 1. The highest BCUT2D eigenvalue weighted by molar-refractivity contribution is 5.51. The third-order valence-electron chi connectivity index (χ3n) is 5.25. The van der Waals surface area contributed by atoms with Crippen LogP contribution in [0.2, 0.25) is 0 Å². The SMILES string of the molecule is CCC(c1ccccc1)c1c(CC(C)C#N)c(O)n(CCC[N+](C)(C)C)c1O. The minimum Gasteiger partial charge on any atom is -0.494 e. The summed E-state index contributed by atoms with van der Waals surface area (Å²) in [5, 5.41) is 31.3. The van der Waals surface area contributed by atoms with Crippen LogP contribution in [0.5, 0.6) is 11.8 Å². The Morgan fingerprint density at radius 3 is 2.29 bits per heavy atom. The van der Waals surface area contributed by atoms with Crippen LogP contribution in [0.4, 0.5) is 0 Å². The highest BCUT2D eigenvalue weighted by Gasteiger charge is 2.29. The van der Waals surface area contributed by atoms with Gasteiger partial charge in [0, 0.05) is 35.9 Å². The molecule has 0 bridgehead atoms. The number of hydrogen-bond donors (Lipinski definition) is 2. The first-order chi connectivity index (χ1) is 13.2. The molecular weight excluding hydrogens is 350 g/mol. The maximum absolute atomic E-state index is 11.1. The number of hydrogen-bond acceptors (Lipinski definition) is 3. The van der Waals surface area contributed by atoms with E-state index in [0.29, 0.717) is 18.5 Å². The van der Waals surface area contributed by atoms with Crippen LogP contribution < -0.4 is 0 Å². The molecule has 0 aliphatic heterocycles. The van der Waals surface area contributed by atoms with E-state index in [1.54, 1.807) is 4.57 Å². The Hall–Kier alpha value is -2.45. The maximum atomic E-state index is 11.1. The van der Waals surface area contributed by atoms with Gasteiger partial charge in [-0.25, -0.2) is 0 Å². The van der Waals surface area contributed by atoms with E-state index < -0.39 is 0 Å². The molecule has 2 aromatic rings. The fourth-order valence-electron chi connectivity index (χ4n) is 3.79. The monoisotopic (exact) mass is 384 g/mol. The van der Waals surface area contributed by atoms with E-state index in [1.807, 2.05) is 25.1 Å². The van der Waals surface area contributed by atoms with Crippen LogP contribution in [0.15, 0.2) is 30.3 Å². The summed E-state index contributed by atoms with van der Waals surface area (Å²) in [6.07, 6.45) is 2.07. The first kappa shape index (κ1) is 21.8. The number of rotatable bonds is 9. The van der Waals surface area contributed by atoms with Crippen molar-refractivity contribution in [2.75, 3.05) is 27.7 Å². The van der Waals surface area contributed by atoms with Gasteiger partial charge in [-0.2, -0.15) is 5.26 Å². The van der Waals surface area contributed by atoms with Crippen LogP contribution in [0, 0.1) is 17.2 Å². The predicted octanol–water partition coefficient (Wildman–Crippen LogP) is 4.24. The van der Waals surface area contributed by atoms with Crippen LogP contribution in [-0.2, 0) is 13.0 Å². The molecule has 0 fully saturated rings. The van der Waals surface area contributed by atoms with E-state index in [2.05, 4.69) is 46.3 Å². The van der Waals surface area contributed by atoms with Crippen LogP contribution in [-0.4, -0.2) is 47.0 Å². The highest BCUT2D eigenvalue weighted by Crippen LogP contribution is 2.43. The summed E-state index contributed by atoms with van der Waals surface area (Å²) in [5.41, 5.74) is 2.57. The second-order valence-electron chi connectivity index (χ2n) is 8.66. The van der Waals surface area contributed by atoms with E-state index in [0.717, 1.165) is 35.0 Å². The summed E-state index contributed by atoms with van der Waals surface area (Å²) in [5.74, 6) is -0.0211. The van der Waals surface area contributed by atoms with Gasteiger partial charge >= 0.3 is 0 Å². The molecule has 5 nitrogen and oxygen atoms in total. The van der Waals surface area contributed by atoms with E-state index in [1.165, 1.54) is 0 Å². The van der Waals surface area contributed by atoms with Gasteiger partial charge in [0.25, 0.3) is 0 Å². The average molecular weight is 385 g/mol. The molecule has 0 aliphatic carbocycles. The normalized spacial score (nSPS) is 13.9. The molecule has 0 saturated carbocycles. The molecule has 0 aliphatic rings. The Labute approximate surface area is 169 Å². The van der Waals surface area contributed by atoms with Crippen molar-refractivity contribution in [2.45, 2.75) is 45.6 Å². The van der Waals surface area contributed by atoms with Gasteiger partial charge in [-0.15, -0.1) is 0 Å². The molecule has 2 rings (SSSR count). The Balaban J connectivity index is 2.49. The van der Waals surface area contributed by atoms with Crippen molar-refractivity contribution in [1.82, 2.24) is 4.57 Å². The Bertz CT molecular complexity index is 813. The molecule has 28 heavy (non-hydrogen) atoms. The maximum Gasteiger partial charge on any atom is 0.198 e. The van der Waals surface area contributed by atoms with E-state index >= 15 is 0 Å². The van der Waals surface area contributed by atoms with Gasteiger partial charge in [0.1, 0.15) is 0 Å². The number of aromatic hydroxyl groups is 2. The lowest BCUT2D eigenvalue weighted by Gasteiger charge is -2.24. The van der Waals surface area contributed by atoms with Crippen LogP contribution in [0.25, 0.3) is 0 Å². The summed E-state index contributed by atoms with van der Waals surface area (Å²) in [7, 11) is 6.38. The van der Waals surface area contributed by atoms with Crippen LogP contribution in [0.1, 0.15) is 49.3 Å². The minimum absolute atomic E-state index is 0.0207. The smallest absolute Gasteiger partial charge is 0.198 e. The van der Waals surface area contributed by atoms with Crippen LogP contribution in [0.3, 0.4) is 0 Å². The standard InChI is InChI=1S/C23H33N3O2/c1-6-19(18-11-8-7-9-12-18)21-20(15-17(2)16-24)22(27)25(23(21)28)13-10-14-26(3,4)5/h7-9,11-12,17,19H,6,10,13-15H2,1-5H3,(H-,27,28)/p+1. The minimum atomic E-state index is -0.237. The van der Waals surface area contributed by atoms with Gasteiger partial charge in [0.2, 0.25) is 0 Å². The second-order valence-corrected chi connectivity index (χ2v) is 8.66. The number of quaternary nitrogens is 1. The van der Waals surface area contributed by atoms with Crippen molar-refractivity contribution in [3.8, 4) is 17.8 Å². The van der Waals surface area contributed by atoms with E-state index in [-0.39, 0.29) is 23.6 Å². The van der Waals surface area contributed by atoms with Gasteiger partial charge in [0.05, 0.1) is 33.8 Å². The predicted molar refractivity (Wildman–Crippen MR) is 112 cm³/mol. The van der Waals surface area contributed by atoms with Crippen molar-refractivity contribution in [1.29, 1.82) is 5.26 Å². The molecule has 0 saturated heterocycles. The molecule has 1 heterocycles. The molecule has 152 valence electrons. The Morgan fingerprint density at radius 2 is 1.75 bits per heavy atom. The first-order valence-electron chi connectivity index (χ1n) is 10.1. The molecule has 1 aromatic carbocycles. The van der Waals surface area contributed by atoms with Crippen molar-refractivity contribution in [3.05, 3.63) is 47.0 Å². The summed E-state index contributed by atoms with van der Waals surface area (Å²) in [6, 6.07) is 12.3. The van der Waals surface area contributed by atoms with Gasteiger partial charge in [0.15, 0.2) is 11.8 Å². The topological polar surface area (TPSA) is 69.2 Å². The van der Waals surface area contributed by atoms with Gasteiger partial charge in [-0.1, -0.05) is 37.3 Å². The molecular formula is C23H34N3O2+. The number of nitrogens with zero attached hydrogens (tertiary/aromatic N) is 3. The van der Waals surface area contributed by atoms with Gasteiger partial charge < -0.3 is 14.7 Å². The summed E-state index contributed by atoms with van der Waals surface area (Å²) >= 11 is 0. The first-order valence-corrected chi connectivity index (χ1v) is 10.1. The molecule has 0 spiro atoms. The zero-order valence-corrected chi connectivity index (χ0v) is 17.8. The summed E-state index contributed by atoms with van der Waals surface area (Å²) in [4.78, 5) is 0. The third-order valence-corrected chi connectivity index (χ3v) is 5.25. The summed E-state index contributed by atoms with van der Waals surface area (Å²) in [6.45, 7) is 5.41. The quantitative estimate of drug-likeness (QED) is 0.635. The van der Waals surface area contributed by atoms with Crippen molar-refractivity contribution >= 4 is 0 Å². The van der Waals surface area contributed by atoms with Crippen molar-refractivity contribution in [2.24, 2.45) is 5.92 Å². The molecule has 2 atom stereocenters. The van der Waals surface area contributed by atoms with E-state index in [4.69, 9.17) is 0 Å². The molecule has 0 radical (unpaired) electrons.